The normalized spacial score (nSPS) is 15.0. The van der Waals surface area contributed by atoms with Gasteiger partial charge in [0.25, 0.3) is 0 Å². The molecule has 0 unspecified atom stereocenters. The van der Waals surface area contributed by atoms with Gasteiger partial charge in [0, 0.05) is 4.47 Å². The van der Waals surface area contributed by atoms with Crippen molar-refractivity contribution in [2.24, 2.45) is 5.92 Å². The summed E-state index contributed by atoms with van der Waals surface area (Å²) in [6.45, 7) is 1.49. The summed E-state index contributed by atoms with van der Waals surface area (Å²) in [5.41, 5.74) is 0.554. The summed E-state index contributed by atoms with van der Waals surface area (Å²) in [7, 11) is 0. The number of rotatable bonds is 4. The quantitative estimate of drug-likeness (QED) is 0.885. The van der Waals surface area contributed by atoms with Crippen LogP contribution in [0.4, 0.5) is 4.39 Å². The molecule has 0 saturated heterocycles. The lowest BCUT2D eigenvalue weighted by Crippen LogP contribution is -2.23. The maximum absolute atomic E-state index is 13.4. The third kappa shape index (κ3) is 3.55. The molecule has 1 rings (SSSR count). The molecule has 84 valence electrons. The summed E-state index contributed by atoms with van der Waals surface area (Å²) in [6, 6.07) is 4.84. The second-order valence-corrected chi connectivity index (χ2v) is 4.58. The van der Waals surface area contributed by atoms with Crippen LogP contribution in [0, 0.1) is 11.7 Å². The van der Waals surface area contributed by atoms with Crippen LogP contribution in [0.2, 0.25) is 0 Å². The molecule has 2 nitrogen and oxygen atoms in total. The zero-order chi connectivity index (χ0) is 11.4. The topological polar surface area (TPSA) is 40.5 Å². The van der Waals surface area contributed by atoms with Gasteiger partial charge in [0.2, 0.25) is 0 Å². The van der Waals surface area contributed by atoms with Crippen molar-refractivity contribution in [1.29, 1.82) is 0 Å². The van der Waals surface area contributed by atoms with Gasteiger partial charge in [0.1, 0.15) is 5.82 Å². The molecule has 0 heterocycles. The molecule has 0 aromatic heterocycles. The maximum Gasteiger partial charge on any atom is 0.127 e. The minimum absolute atomic E-state index is 0.161. The van der Waals surface area contributed by atoms with Gasteiger partial charge in [0.05, 0.1) is 12.7 Å². The molecule has 0 aliphatic heterocycles. The molecule has 0 radical (unpaired) electrons. The number of aliphatic hydroxyl groups excluding tert-OH is 2. The van der Waals surface area contributed by atoms with Gasteiger partial charge in [-0.2, -0.15) is 0 Å². The van der Waals surface area contributed by atoms with Crippen LogP contribution >= 0.6 is 15.9 Å². The lowest BCUT2D eigenvalue weighted by atomic mass is 9.96. The van der Waals surface area contributed by atoms with Crippen LogP contribution in [0.1, 0.15) is 12.5 Å². The van der Waals surface area contributed by atoms with Crippen LogP contribution in [0.3, 0.4) is 0 Å². The highest BCUT2D eigenvalue weighted by atomic mass is 79.9. The van der Waals surface area contributed by atoms with Gasteiger partial charge in [-0.05, 0) is 30.0 Å². The summed E-state index contributed by atoms with van der Waals surface area (Å²) in [4.78, 5) is 0. The Morgan fingerprint density at radius 3 is 2.67 bits per heavy atom. The molecule has 0 spiro atoms. The smallest absolute Gasteiger partial charge is 0.127 e. The van der Waals surface area contributed by atoms with Crippen molar-refractivity contribution in [1.82, 2.24) is 0 Å². The highest BCUT2D eigenvalue weighted by molar-refractivity contribution is 9.10. The minimum Gasteiger partial charge on any atom is -0.394 e. The Morgan fingerprint density at radius 2 is 2.13 bits per heavy atom. The van der Waals surface area contributed by atoms with Crippen LogP contribution < -0.4 is 0 Å². The molecule has 1 aromatic rings. The van der Waals surface area contributed by atoms with Crippen molar-refractivity contribution in [2.45, 2.75) is 19.4 Å². The zero-order valence-electron chi connectivity index (χ0n) is 8.45. The lowest BCUT2D eigenvalue weighted by Gasteiger charge is -2.16. The van der Waals surface area contributed by atoms with Crippen LogP contribution in [0.5, 0.6) is 0 Å². The molecule has 2 atom stereocenters. The van der Waals surface area contributed by atoms with E-state index in [9.17, 15) is 9.50 Å². The Kier molecular flexibility index (Phi) is 4.70. The van der Waals surface area contributed by atoms with E-state index in [2.05, 4.69) is 15.9 Å². The van der Waals surface area contributed by atoms with E-state index < -0.39 is 6.10 Å². The van der Waals surface area contributed by atoms with Crippen LogP contribution in [0.15, 0.2) is 22.7 Å². The molecular weight excluding hydrogens is 263 g/mol. The molecule has 0 aliphatic rings. The largest absolute Gasteiger partial charge is 0.394 e. The van der Waals surface area contributed by atoms with Gasteiger partial charge in [0.15, 0.2) is 0 Å². The van der Waals surface area contributed by atoms with Crippen LogP contribution in [0.25, 0.3) is 0 Å². The Labute approximate surface area is 96.9 Å². The molecule has 2 N–H and O–H groups in total. The predicted molar refractivity (Wildman–Crippen MR) is 60.1 cm³/mol. The number of aliphatic hydroxyl groups is 2. The van der Waals surface area contributed by atoms with Crippen molar-refractivity contribution in [3.05, 3.63) is 34.1 Å². The molecule has 1 aromatic carbocycles. The minimum atomic E-state index is -0.798. The maximum atomic E-state index is 13.4. The van der Waals surface area contributed by atoms with E-state index in [1.807, 2.05) is 0 Å². The van der Waals surface area contributed by atoms with E-state index in [4.69, 9.17) is 5.11 Å². The van der Waals surface area contributed by atoms with Crippen molar-refractivity contribution in [3.8, 4) is 0 Å². The Hall–Kier alpha value is -0.450. The summed E-state index contributed by atoms with van der Waals surface area (Å²) in [5, 5.41) is 18.1. The molecular formula is C11H14BrFO2. The molecule has 0 saturated carbocycles. The van der Waals surface area contributed by atoms with E-state index in [1.54, 1.807) is 19.1 Å². The third-order valence-corrected chi connectivity index (χ3v) is 2.89. The number of hydrogen-bond acceptors (Lipinski definition) is 2. The predicted octanol–water partition coefficient (Wildman–Crippen LogP) is 2.12. The molecule has 0 bridgehead atoms. The Balaban J connectivity index is 2.72. The summed E-state index contributed by atoms with van der Waals surface area (Å²) in [5.74, 6) is -0.452. The SMILES string of the molecule is C[C@@H](Cc1ccc(Br)cc1F)[C@@H](O)CO. The first kappa shape index (κ1) is 12.6. The van der Waals surface area contributed by atoms with E-state index in [0.29, 0.717) is 16.5 Å². The number of halogens is 2. The third-order valence-electron chi connectivity index (χ3n) is 2.40. The first-order valence-corrected chi connectivity index (χ1v) is 5.56. The molecule has 0 aliphatic carbocycles. The fourth-order valence-electron chi connectivity index (χ4n) is 1.35. The van der Waals surface area contributed by atoms with Crippen molar-refractivity contribution >= 4 is 15.9 Å². The molecule has 15 heavy (non-hydrogen) atoms. The first-order valence-electron chi connectivity index (χ1n) is 4.77. The second kappa shape index (κ2) is 5.58. The summed E-state index contributed by atoms with van der Waals surface area (Å²) < 4.78 is 14.1. The Bertz CT molecular complexity index is 330. The zero-order valence-corrected chi connectivity index (χ0v) is 10.0. The fraction of sp³-hybridized carbons (Fsp3) is 0.455. The van der Waals surface area contributed by atoms with Crippen LogP contribution in [-0.4, -0.2) is 22.9 Å². The highest BCUT2D eigenvalue weighted by Gasteiger charge is 2.15. The van der Waals surface area contributed by atoms with E-state index in [0.717, 1.165) is 0 Å². The number of hydrogen-bond donors (Lipinski definition) is 2. The molecule has 4 heteroatoms. The van der Waals surface area contributed by atoms with Gasteiger partial charge in [-0.3, -0.25) is 0 Å². The molecule has 0 amide bonds. The summed E-state index contributed by atoms with van der Waals surface area (Å²) >= 11 is 3.18. The average molecular weight is 277 g/mol. The van der Waals surface area contributed by atoms with E-state index in [-0.39, 0.29) is 18.3 Å². The van der Waals surface area contributed by atoms with E-state index >= 15 is 0 Å². The van der Waals surface area contributed by atoms with Crippen molar-refractivity contribution in [3.63, 3.8) is 0 Å². The average Bonchev–Trinajstić information content (AvgIpc) is 2.20. The lowest BCUT2D eigenvalue weighted by molar-refractivity contribution is 0.0532. The highest BCUT2D eigenvalue weighted by Crippen LogP contribution is 2.19. The van der Waals surface area contributed by atoms with Gasteiger partial charge < -0.3 is 10.2 Å². The van der Waals surface area contributed by atoms with Gasteiger partial charge in [-0.25, -0.2) is 4.39 Å². The summed E-state index contributed by atoms with van der Waals surface area (Å²) in [6.07, 6.45) is -0.381. The standard InChI is InChI=1S/C11H14BrFO2/c1-7(11(15)6-14)4-8-2-3-9(12)5-10(8)13/h2-3,5,7,11,14-15H,4,6H2,1H3/t7-,11-/m0/s1. The monoisotopic (exact) mass is 276 g/mol. The first-order chi connectivity index (χ1) is 7.04. The van der Waals surface area contributed by atoms with Crippen molar-refractivity contribution < 1.29 is 14.6 Å². The van der Waals surface area contributed by atoms with Gasteiger partial charge >= 0.3 is 0 Å². The Morgan fingerprint density at radius 1 is 1.47 bits per heavy atom. The van der Waals surface area contributed by atoms with Gasteiger partial charge in [-0.15, -0.1) is 0 Å². The molecule has 0 fully saturated rings. The van der Waals surface area contributed by atoms with E-state index in [1.165, 1.54) is 6.07 Å². The van der Waals surface area contributed by atoms with Crippen molar-refractivity contribution in [2.75, 3.05) is 6.61 Å². The fourth-order valence-corrected chi connectivity index (χ4v) is 1.68. The number of benzene rings is 1. The van der Waals surface area contributed by atoms with Gasteiger partial charge in [-0.1, -0.05) is 28.9 Å². The van der Waals surface area contributed by atoms with Crippen LogP contribution in [-0.2, 0) is 6.42 Å². The second-order valence-electron chi connectivity index (χ2n) is 3.67.